The van der Waals surface area contributed by atoms with Crippen LogP contribution in [0.3, 0.4) is 0 Å². The van der Waals surface area contributed by atoms with Crippen molar-refractivity contribution in [3.8, 4) is 17.0 Å². The lowest BCUT2D eigenvalue weighted by molar-refractivity contribution is 0.102. The van der Waals surface area contributed by atoms with Gasteiger partial charge in [0.05, 0.1) is 30.0 Å². The zero-order valence-corrected chi connectivity index (χ0v) is 19.4. The zero-order chi connectivity index (χ0) is 22.4. The number of hydrogen-bond donors (Lipinski definition) is 1. The van der Waals surface area contributed by atoms with Crippen molar-refractivity contribution >= 4 is 33.4 Å². The number of anilines is 1. The standard InChI is InChI=1S/C24H25N5O2S/c1-13(2)29-22-19(12-25-29)18(11-20(26-22)15-5-6-15)23(30)28-24-27-21(14(3)32-24)16-7-9-17(31-4)10-8-16/h7-13,15H,5-6H2,1-4H3,(H,27,28,30). The van der Waals surface area contributed by atoms with E-state index in [-0.39, 0.29) is 11.9 Å². The van der Waals surface area contributed by atoms with E-state index in [0.717, 1.165) is 51.5 Å². The predicted molar refractivity (Wildman–Crippen MR) is 127 cm³/mol. The third-order valence-electron chi connectivity index (χ3n) is 5.70. The lowest BCUT2D eigenvalue weighted by Crippen LogP contribution is -2.13. The van der Waals surface area contributed by atoms with Gasteiger partial charge in [0.25, 0.3) is 5.91 Å². The van der Waals surface area contributed by atoms with Crippen molar-refractivity contribution in [1.82, 2.24) is 19.7 Å². The highest BCUT2D eigenvalue weighted by Gasteiger charge is 2.28. The summed E-state index contributed by atoms with van der Waals surface area (Å²) in [6.45, 7) is 6.14. The molecule has 0 atom stereocenters. The van der Waals surface area contributed by atoms with Crippen LogP contribution in [0.15, 0.2) is 36.5 Å². The van der Waals surface area contributed by atoms with E-state index >= 15 is 0 Å². The fourth-order valence-corrected chi connectivity index (χ4v) is 4.65. The maximum absolute atomic E-state index is 13.3. The summed E-state index contributed by atoms with van der Waals surface area (Å²) in [5.74, 6) is 1.05. The third kappa shape index (κ3) is 3.75. The van der Waals surface area contributed by atoms with Gasteiger partial charge in [-0.2, -0.15) is 5.10 Å². The molecule has 7 nitrogen and oxygen atoms in total. The summed E-state index contributed by atoms with van der Waals surface area (Å²) in [6, 6.07) is 9.85. The van der Waals surface area contributed by atoms with E-state index in [4.69, 9.17) is 14.7 Å². The molecule has 0 spiro atoms. The molecule has 1 aliphatic rings. The highest BCUT2D eigenvalue weighted by molar-refractivity contribution is 7.16. The molecule has 8 heteroatoms. The van der Waals surface area contributed by atoms with Crippen LogP contribution in [0.5, 0.6) is 5.75 Å². The number of aryl methyl sites for hydroxylation is 1. The molecular formula is C24H25N5O2S. The molecule has 1 N–H and O–H groups in total. The van der Waals surface area contributed by atoms with E-state index in [9.17, 15) is 4.79 Å². The lowest BCUT2D eigenvalue weighted by atomic mass is 10.1. The van der Waals surface area contributed by atoms with Crippen LogP contribution < -0.4 is 10.1 Å². The smallest absolute Gasteiger partial charge is 0.258 e. The number of fused-ring (bicyclic) bond motifs is 1. The quantitative estimate of drug-likeness (QED) is 0.417. The number of ether oxygens (including phenoxy) is 1. The van der Waals surface area contributed by atoms with Crippen LogP contribution in [0.4, 0.5) is 5.13 Å². The second kappa shape index (κ2) is 8.02. The first-order valence-electron chi connectivity index (χ1n) is 10.8. The first-order chi connectivity index (χ1) is 15.4. The lowest BCUT2D eigenvalue weighted by Gasteiger charge is -2.10. The van der Waals surface area contributed by atoms with Gasteiger partial charge in [0.2, 0.25) is 0 Å². The number of benzene rings is 1. The van der Waals surface area contributed by atoms with Gasteiger partial charge in [-0.05, 0) is 63.9 Å². The summed E-state index contributed by atoms with van der Waals surface area (Å²) in [5, 5.41) is 8.84. The van der Waals surface area contributed by atoms with Crippen molar-refractivity contribution in [3.05, 3.63) is 52.7 Å². The second-order valence-electron chi connectivity index (χ2n) is 8.40. The summed E-state index contributed by atoms with van der Waals surface area (Å²) in [4.78, 5) is 23.9. The van der Waals surface area contributed by atoms with Crippen LogP contribution in [-0.2, 0) is 0 Å². The van der Waals surface area contributed by atoms with Crippen LogP contribution in [-0.4, -0.2) is 32.8 Å². The summed E-state index contributed by atoms with van der Waals surface area (Å²) >= 11 is 1.47. The van der Waals surface area contributed by atoms with Crippen LogP contribution in [0.25, 0.3) is 22.3 Å². The van der Waals surface area contributed by atoms with Gasteiger partial charge in [0, 0.05) is 28.1 Å². The Morgan fingerprint density at radius 2 is 1.97 bits per heavy atom. The molecule has 1 aromatic carbocycles. The number of carbonyl (C=O) groups is 1. The summed E-state index contributed by atoms with van der Waals surface area (Å²) < 4.78 is 7.12. The summed E-state index contributed by atoms with van der Waals surface area (Å²) in [7, 11) is 1.65. The summed E-state index contributed by atoms with van der Waals surface area (Å²) in [6.07, 6.45) is 3.97. The molecule has 1 saturated carbocycles. The van der Waals surface area contributed by atoms with Crippen LogP contribution in [0.2, 0.25) is 0 Å². The topological polar surface area (TPSA) is 81.9 Å². The Morgan fingerprint density at radius 3 is 2.62 bits per heavy atom. The SMILES string of the molecule is COc1ccc(-c2nc(NC(=O)c3cc(C4CC4)nc4c3cnn4C(C)C)sc2C)cc1. The predicted octanol–water partition coefficient (Wildman–Crippen LogP) is 5.58. The van der Waals surface area contributed by atoms with Gasteiger partial charge in [0.1, 0.15) is 5.75 Å². The van der Waals surface area contributed by atoms with E-state index in [1.165, 1.54) is 11.3 Å². The Kier molecular flexibility index (Phi) is 5.17. The van der Waals surface area contributed by atoms with Crippen molar-refractivity contribution in [2.45, 2.75) is 45.6 Å². The molecule has 1 aliphatic carbocycles. The number of amides is 1. The van der Waals surface area contributed by atoms with Crippen LogP contribution in [0, 0.1) is 6.92 Å². The molecule has 0 unspecified atom stereocenters. The van der Waals surface area contributed by atoms with E-state index in [0.29, 0.717) is 16.6 Å². The van der Waals surface area contributed by atoms with Crippen LogP contribution in [0.1, 0.15) is 59.6 Å². The van der Waals surface area contributed by atoms with Gasteiger partial charge in [-0.3, -0.25) is 10.1 Å². The number of thiazole rings is 1. The molecule has 1 fully saturated rings. The molecule has 0 aliphatic heterocycles. The number of hydrogen-bond acceptors (Lipinski definition) is 6. The van der Waals surface area contributed by atoms with E-state index in [2.05, 4.69) is 24.3 Å². The molecule has 4 aromatic rings. The third-order valence-corrected chi connectivity index (χ3v) is 6.58. The van der Waals surface area contributed by atoms with Gasteiger partial charge in [-0.1, -0.05) is 0 Å². The Bertz CT molecular complexity index is 1300. The van der Waals surface area contributed by atoms with E-state index in [1.54, 1.807) is 13.3 Å². The minimum Gasteiger partial charge on any atom is -0.497 e. The number of carbonyl (C=O) groups excluding carboxylic acids is 1. The minimum atomic E-state index is -0.183. The molecule has 0 bridgehead atoms. The zero-order valence-electron chi connectivity index (χ0n) is 18.5. The van der Waals surface area contributed by atoms with Crippen molar-refractivity contribution in [2.24, 2.45) is 0 Å². The Morgan fingerprint density at radius 1 is 1.22 bits per heavy atom. The van der Waals surface area contributed by atoms with Gasteiger partial charge in [0.15, 0.2) is 10.8 Å². The highest BCUT2D eigenvalue weighted by Crippen LogP contribution is 2.40. The van der Waals surface area contributed by atoms with Gasteiger partial charge < -0.3 is 4.74 Å². The maximum atomic E-state index is 13.3. The fraction of sp³-hybridized carbons (Fsp3) is 0.333. The first kappa shape index (κ1) is 20.6. The molecule has 3 heterocycles. The molecule has 3 aromatic heterocycles. The number of pyridine rings is 1. The highest BCUT2D eigenvalue weighted by atomic mass is 32.1. The number of methoxy groups -OCH3 is 1. The average molecular weight is 448 g/mol. The molecule has 5 rings (SSSR count). The Balaban J connectivity index is 1.47. The molecule has 0 radical (unpaired) electrons. The van der Waals surface area contributed by atoms with Crippen LogP contribution >= 0.6 is 11.3 Å². The molecule has 32 heavy (non-hydrogen) atoms. The Hall–Kier alpha value is -3.26. The van der Waals surface area contributed by atoms with E-state index < -0.39 is 0 Å². The number of nitrogens with zero attached hydrogens (tertiary/aromatic N) is 4. The normalized spacial score (nSPS) is 13.7. The van der Waals surface area contributed by atoms with Crippen molar-refractivity contribution in [1.29, 1.82) is 0 Å². The largest absolute Gasteiger partial charge is 0.497 e. The van der Waals surface area contributed by atoms with Gasteiger partial charge in [-0.25, -0.2) is 14.6 Å². The average Bonchev–Trinajstić information content (AvgIpc) is 3.45. The second-order valence-corrected chi connectivity index (χ2v) is 9.60. The molecule has 0 saturated heterocycles. The van der Waals surface area contributed by atoms with Crippen molar-refractivity contribution < 1.29 is 9.53 Å². The minimum absolute atomic E-state index is 0.166. The molecular weight excluding hydrogens is 422 g/mol. The molecule has 1 amide bonds. The number of nitrogens with one attached hydrogen (secondary N) is 1. The number of aromatic nitrogens is 4. The summed E-state index contributed by atoms with van der Waals surface area (Å²) in [5.41, 5.74) is 4.19. The maximum Gasteiger partial charge on any atom is 0.258 e. The number of rotatable bonds is 6. The Labute approximate surface area is 190 Å². The molecule has 164 valence electrons. The fourth-order valence-electron chi connectivity index (χ4n) is 3.82. The van der Waals surface area contributed by atoms with Crippen molar-refractivity contribution in [2.75, 3.05) is 12.4 Å². The van der Waals surface area contributed by atoms with Gasteiger partial charge >= 0.3 is 0 Å². The first-order valence-corrected chi connectivity index (χ1v) is 11.6. The van der Waals surface area contributed by atoms with E-state index in [1.807, 2.05) is 41.9 Å². The van der Waals surface area contributed by atoms with Crippen molar-refractivity contribution in [3.63, 3.8) is 0 Å². The van der Waals surface area contributed by atoms with Gasteiger partial charge in [-0.15, -0.1) is 11.3 Å². The monoisotopic (exact) mass is 447 g/mol.